The van der Waals surface area contributed by atoms with Crippen molar-refractivity contribution >= 4 is 34.9 Å². The second-order valence-electron chi connectivity index (χ2n) is 8.18. The molecule has 2 aromatic rings. The van der Waals surface area contributed by atoms with Gasteiger partial charge in [-0.25, -0.2) is 9.59 Å². The third-order valence-electron chi connectivity index (χ3n) is 4.20. The molecule has 2 rings (SSSR count). The molecule has 2 aromatic heterocycles. The summed E-state index contributed by atoms with van der Waals surface area (Å²) in [6.07, 6.45) is 1.75. The van der Waals surface area contributed by atoms with Crippen LogP contribution in [0.25, 0.3) is 0 Å². The van der Waals surface area contributed by atoms with Gasteiger partial charge in [0.1, 0.15) is 12.2 Å². The molecule has 2 heterocycles. The minimum Gasteiger partial charge on any atom is -0.447 e. The molecule has 0 aliphatic carbocycles. The molecule has 6 nitrogen and oxygen atoms in total. The van der Waals surface area contributed by atoms with Crippen LogP contribution in [0.3, 0.4) is 0 Å². The molecule has 2 amide bonds. The Labute approximate surface area is 187 Å². The molecule has 8 heteroatoms. The van der Waals surface area contributed by atoms with Crippen LogP contribution in [0.5, 0.6) is 0 Å². The van der Waals surface area contributed by atoms with Crippen LogP contribution in [0.4, 0.5) is 9.59 Å². The van der Waals surface area contributed by atoms with E-state index >= 15 is 0 Å². The van der Waals surface area contributed by atoms with Crippen molar-refractivity contribution < 1.29 is 19.1 Å². The number of amides is 2. The van der Waals surface area contributed by atoms with Gasteiger partial charge < -0.3 is 14.8 Å². The number of unbranched alkanes of at least 4 members (excludes halogenated alkanes) is 1. The van der Waals surface area contributed by atoms with Crippen LogP contribution in [-0.4, -0.2) is 35.3 Å². The molecule has 1 N–H and O–H groups in total. The fraction of sp³-hybridized carbons (Fsp3) is 0.545. The van der Waals surface area contributed by atoms with Crippen molar-refractivity contribution in [3.05, 3.63) is 44.8 Å². The summed E-state index contributed by atoms with van der Waals surface area (Å²) in [7, 11) is 0. The van der Waals surface area contributed by atoms with Gasteiger partial charge in [-0.2, -0.15) is 22.7 Å². The number of ether oxygens (including phenoxy) is 2. The molecule has 166 valence electrons. The predicted molar refractivity (Wildman–Crippen MR) is 122 cm³/mol. The molecule has 0 aliphatic rings. The number of hydrogen-bond acceptors (Lipinski definition) is 6. The van der Waals surface area contributed by atoms with E-state index in [2.05, 4.69) is 12.2 Å². The van der Waals surface area contributed by atoms with E-state index in [9.17, 15) is 9.59 Å². The van der Waals surface area contributed by atoms with Gasteiger partial charge in [-0.1, -0.05) is 19.8 Å². The van der Waals surface area contributed by atoms with Crippen molar-refractivity contribution in [3.8, 4) is 0 Å². The molecule has 0 unspecified atom stereocenters. The van der Waals surface area contributed by atoms with Gasteiger partial charge in [0, 0.05) is 0 Å². The van der Waals surface area contributed by atoms with Crippen LogP contribution in [0.15, 0.2) is 33.7 Å². The largest absolute Gasteiger partial charge is 0.447 e. The molecule has 1 atom stereocenters. The minimum absolute atomic E-state index is 0.113. The number of nitrogens with zero attached hydrogens (tertiary/aromatic N) is 1. The lowest BCUT2D eigenvalue weighted by atomic mass is 10.1. The highest BCUT2D eigenvalue weighted by Gasteiger charge is 2.22. The molecule has 0 bridgehead atoms. The number of carbonyl (C=O) groups is 2. The van der Waals surface area contributed by atoms with Crippen LogP contribution >= 0.6 is 22.7 Å². The smallest absolute Gasteiger partial charge is 0.410 e. The van der Waals surface area contributed by atoms with Crippen LogP contribution < -0.4 is 5.32 Å². The standard InChI is InChI=1S/C22H32N2O4S2/c1-5-6-7-19(23-20(25)28-22(2,3)4)14-27-21(26)24(12-17-8-10-29-15-17)13-18-9-11-30-16-18/h8-11,15-16,19H,5-7,12-14H2,1-4H3,(H,23,25)/t19-/m0/s1. The molecule has 0 radical (unpaired) electrons. The maximum atomic E-state index is 12.9. The van der Waals surface area contributed by atoms with Gasteiger partial charge in [0.2, 0.25) is 0 Å². The van der Waals surface area contributed by atoms with E-state index in [4.69, 9.17) is 9.47 Å². The van der Waals surface area contributed by atoms with E-state index in [1.807, 2.05) is 54.4 Å². The average molecular weight is 453 g/mol. The summed E-state index contributed by atoms with van der Waals surface area (Å²) in [6.45, 7) is 8.62. The molecule has 0 saturated heterocycles. The summed E-state index contributed by atoms with van der Waals surface area (Å²) in [5, 5.41) is 10.9. The lowest BCUT2D eigenvalue weighted by Gasteiger charge is -2.25. The van der Waals surface area contributed by atoms with Gasteiger partial charge >= 0.3 is 12.2 Å². The second-order valence-corrected chi connectivity index (χ2v) is 9.74. The van der Waals surface area contributed by atoms with Crippen LogP contribution in [0, 0.1) is 0 Å². The molecular weight excluding hydrogens is 420 g/mol. The molecule has 0 spiro atoms. The van der Waals surface area contributed by atoms with Gasteiger partial charge in [-0.15, -0.1) is 0 Å². The minimum atomic E-state index is -0.575. The first kappa shape index (κ1) is 24.2. The van der Waals surface area contributed by atoms with E-state index in [-0.39, 0.29) is 18.7 Å². The van der Waals surface area contributed by atoms with Crippen molar-refractivity contribution in [3.63, 3.8) is 0 Å². The Kier molecular flexibility index (Phi) is 9.65. The Morgan fingerprint density at radius 2 is 1.70 bits per heavy atom. The fourth-order valence-electron chi connectivity index (χ4n) is 2.78. The van der Waals surface area contributed by atoms with E-state index in [0.29, 0.717) is 13.1 Å². The lowest BCUT2D eigenvalue weighted by molar-refractivity contribution is 0.0442. The maximum absolute atomic E-state index is 12.9. The topological polar surface area (TPSA) is 67.9 Å². The summed E-state index contributed by atoms with van der Waals surface area (Å²) in [6, 6.07) is 3.73. The Morgan fingerprint density at radius 3 is 2.17 bits per heavy atom. The van der Waals surface area contributed by atoms with Gasteiger partial charge in [0.15, 0.2) is 0 Å². The molecule has 30 heavy (non-hydrogen) atoms. The second kappa shape index (κ2) is 12.0. The summed E-state index contributed by atoms with van der Waals surface area (Å²) in [5.74, 6) is 0. The number of nitrogens with one attached hydrogen (secondary N) is 1. The number of alkyl carbamates (subject to hydrolysis) is 1. The highest BCUT2D eigenvalue weighted by molar-refractivity contribution is 7.08. The zero-order chi connectivity index (χ0) is 22.0. The van der Waals surface area contributed by atoms with Crippen LogP contribution in [0.1, 0.15) is 58.1 Å². The molecule has 0 aliphatic heterocycles. The molecule has 0 fully saturated rings. The van der Waals surface area contributed by atoms with Crippen molar-refractivity contribution in [2.45, 2.75) is 71.7 Å². The predicted octanol–water partition coefficient (Wildman–Crippen LogP) is 6.03. The van der Waals surface area contributed by atoms with Crippen molar-refractivity contribution in [2.75, 3.05) is 6.61 Å². The van der Waals surface area contributed by atoms with Gasteiger partial charge in [-0.3, -0.25) is 4.90 Å². The molecule has 0 saturated carbocycles. The van der Waals surface area contributed by atoms with Crippen LogP contribution in [0.2, 0.25) is 0 Å². The van der Waals surface area contributed by atoms with E-state index in [1.165, 1.54) is 0 Å². The molecular formula is C22H32N2O4S2. The highest BCUT2D eigenvalue weighted by Crippen LogP contribution is 2.16. The summed E-state index contributed by atoms with van der Waals surface area (Å²) in [4.78, 5) is 26.7. The zero-order valence-electron chi connectivity index (χ0n) is 18.2. The monoisotopic (exact) mass is 452 g/mol. The number of rotatable bonds is 10. The normalized spacial score (nSPS) is 12.3. The maximum Gasteiger partial charge on any atom is 0.410 e. The molecule has 0 aromatic carbocycles. The van der Waals surface area contributed by atoms with E-state index in [1.54, 1.807) is 27.6 Å². The first-order chi connectivity index (χ1) is 14.3. The third-order valence-corrected chi connectivity index (χ3v) is 5.66. The summed E-state index contributed by atoms with van der Waals surface area (Å²) >= 11 is 3.20. The number of carbonyl (C=O) groups excluding carboxylic acids is 2. The number of thiophene rings is 2. The van der Waals surface area contributed by atoms with Crippen molar-refractivity contribution in [1.29, 1.82) is 0 Å². The fourth-order valence-corrected chi connectivity index (χ4v) is 4.10. The quantitative estimate of drug-likeness (QED) is 0.478. The lowest BCUT2D eigenvalue weighted by Crippen LogP contribution is -2.43. The average Bonchev–Trinajstić information content (AvgIpc) is 3.35. The first-order valence-corrected chi connectivity index (χ1v) is 12.1. The van der Waals surface area contributed by atoms with Gasteiger partial charge in [0.05, 0.1) is 19.1 Å². The van der Waals surface area contributed by atoms with E-state index in [0.717, 1.165) is 30.4 Å². The van der Waals surface area contributed by atoms with Gasteiger partial charge in [-0.05, 0) is 72.0 Å². The number of hydrogen-bond donors (Lipinski definition) is 1. The summed E-state index contributed by atoms with van der Waals surface area (Å²) in [5.41, 5.74) is 1.57. The Morgan fingerprint density at radius 1 is 1.10 bits per heavy atom. The first-order valence-electron chi connectivity index (χ1n) is 10.2. The SMILES string of the molecule is CCCC[C@@H](COC(=O)N(Cc1ccsc1)Cc1ccsc1)NC(=O)OC(C)(C)C. The Balaban J connectivity index is 1.97. The third kappa shape index (κ3) is 9.17. The van der Waals surface area contributed by atoms with Crippen molar-refractivity contribution in [2.24, 2.45) is 0 Å². The summed E-state index contributed by atoms with van der Waals surface area (Å²) < 4.78 is 11.0. The van der Waals surface area contributed by atoms with E-state index < -0.39 is 11.7 Å². The Hall–Kier alpha value is -2.06. The van der Waals surface area contributed by atoms with Gasteiger partial charge in [0.25, 0.3) is 0 Å². The van der Waals surface area contributed by atoms with Crippen LogP contribution in [-0.2, 0) is 22.6 Å². The highest BCUT2D eigenvalue weighted by atomic mass is 32.1. The Bertz CT molecular complexity index is 718. The van der Waals surface area contributed by atoms with Crippen molar-refractivity contribution in [1.82, 2.24) is 10.2 Å². The zero-order valence-corrected chi connectivity index (χ0v) is 19.8.